The lowest BCUT2D eigenvalue weighted by atomic mass is 9.67. The lowest BCUT2D eigenvalue weighted by molar-refractivity contribution is -0.156. The van der Waals surface area contributed by atoms with Crippen LogP contribution in [-0.2, 0) is 51.7 Å². The van der Waals surface area contributed by atoms with Crippen LogP contribution in [0.1, 0.15) is 75.2 Å². The molecule has 4 fully saturated rings. The van der Waals surface area contributed by atoms with Crippen LogP contribution < -0.4 is 10.7 Å². The van der Waals surface area contributed by atoms with Gasteiger partial charge in [-0.05, 0) is 60.9 Å². The second kappa shape index (κ2) is 18.6. The number of amides is 4. The number of aromatic nitrogens is 3. The van der Waals surface area contributed by atoms with Crippen LogP contribution in [0.5, 0.6) is 0 Å². The van der Waals surface area contributed by atoms with Crippen molar-refractivity contribution in [2.24, 2.45) is 23.8 Å². The molecule has 2 unspecified atom stereocenters. The van der Waals surface area contributed by atoms with Crippen LogP contribution in [0.15, 0.2) is 41.9 Å². The van der Waals surface area contributed by atoms with E-state index in [1.54, 1.807) is 23.1 Å². The molecular formula is C51H61N9O8S. The number of carbonyl (C=O) groups excluding carboxylic acids is 5. The predicted octanol–water partition coefficient (Wildman–Crippen LogP) is 3.68. The number of nitrogens with zero attached hydrogens (tertiary/aromatic N) is 7. The number of thiazole rings is 1. The van der Waals surface area contributed by atoms with Crippen molar-refractivity contribution < 1.29 is 38.2 Å². The smallest absolute Gasteiger partial charge is 0.324 e. The van der Waals surface area contributed by atoms with Crippen molar-refractivity contribution in [3.63, 3.8) is 0 Å². The van der Waals surface area contributed by atoms with Gasteiger partial charge < -0.3 is 33.9 Å². The second-order valence-corrected chi connectivity index (χ2v) is 21.4. The summed E-state index contributed by atoms with van der Waals surface area (Å²) in [6.07, 6.45) is 2.91. The van der Waals surface area contributed by atoms with Crippen LogP contribution in [0.4, 0.5) is 0 Å². The number of pyridine rings is 1. The molecule has 4 saturated heterocycles. The standard InChI is InChI=1S/C51H61N9O8S/c1-30(2)43(59-19-15-51(49(59)65)27-58(28-51)39(61)12-9-17-57-20-22-67-23-21-57)46(62)54-35-25-38-53-36(26-69-38)31-13-14-37-33(24-31)40-41(45(66-6)42-32(10-7-16-52-42)44(40)56(37)5)50(3,4)29-68-48(64)34-11-8-18-60(55-34)47(35)63/h7,10,13-14,16,24,26,30,34-35,41,43,45,55H,8,11,15,17-23,25,27-29H2,1-6H3,(H,54,62)/t34-,35-,41?,43-,45?/m0/s1. The molecule has 6 aliphatic rings. The number of fused-ring (bicyclic) bond motifs is 8. The number of hydrogen-bond donors (Lipinski definition) is 2. The number of ether oxygens (including phenoxy) is 3. The van der Waals surface area contributed by atoms with Crippen molar-refractivity contribution in [2.75, 3.05) is 72.7 Å². The number of cyclic esters (lactones) is 1. The largest absolute Gasteiger partial charge is 0.464 e. The molecule has 69 heavy (non-hydrogen) atoms. The van der Waals surface area contributed by atoms with Gasteiger partial charge >= 0.3 is 5.97 Å². The van der Waals surface area contributed by atoms with E-state index in [0.717, 1.165) is 57.8 Å². The summed E-state index contributed by atoms with van der Waals surface area (Å²) < 4.78 is 20.1. The highest BCUT2D eigenvalue weighted by Crippen LogP contribution is 2.57. The number of esters is 1. The zero-order chi connectivity index (χ0) is 48.4. The van der Waals surface area contributed by atoms with E-state index in [2.05, 4.69) is 77.2 Å². The number of nitrogens with one attached hydrogen (secondary N) is 2. The molecule has 10 rings (SSSR count). The molecule has 3 aromatic heterocycles. The van der Waals surface area contributed by atoms with Gasteiger partial charge in [0.25, 0.3) is 11.8 Å². The summed E-state index contributed by atoms with van der Waals surface area (Å²) in [7, 11) is 3.76. The maximum absolute atomic E-state index is 14.8. The minimum Gasteiger partial charge on any atom is -0.464 e. The fraction of sp³-hybridized carbons (Fsp3) is 0.549. The minimum atomic E-state index is -1.08. The van der Waals surface area contributed by atoms with Gasteiger partial charge in [-0.2, -0.15) is 0 Å². The van der Waals surface area contributed by atoms with Crippen LogP contribution in [-0.4, -0.2) is 155 Å². The van der Waals surface area contributed by atoms with Crippen molar-refractivity contribution >= 4 is 51.8 Å². The first kappa shape index (κ1) is 47.0. The summed E-state index contributed by atoms with van der Waals surface area (Å²) >= 11 is 1.41. The second-order valence-electron chi connectivity index (χ2n) is 20.5. The number of hydrazine groups is 1. The topological polar surface area (TPSA) is 181 Å². The summed E-state index contributed by atoms with van der Waals surface area (Å²) in [6.45, 7) is 12.5. The maximum Gasteiger partial charge on any atom is 0.324 e. The first-order chi connectivity index (χ1) is 33.2. The lowest BCUT2D eigenvalue weighted by Gasteiger charge is -2.46. The van der Waals surface area contributed by atoms with Gasteiger partial charge in [0.15, 0.2) is 0 Å². The molecule has 364 valence electrons. The van der Waals surface area contributed by atoms with Crippen LogP contribution in [0.2, 0.25) is 0 Å². The van der Waals surface area contributed by atoms with Crippen molar-refractivity contribution in [3.8, 4) is 34.4 Å². The molecule has 4 aromatic rings. The highest BCUT2D eigenvalue weighted by molar-refractivity contribution is 7.10. The van der Waals surface area contributed by atoms with E-state index in [0.29, 0.717) is 57.1 Å². The Morgan fingerprint density at radius 1 is 1.09 bits per heavy atom. The first-order valence-corrected chi connectivity index (χ1v) is 25.0. The van der Waals surface area contributed by atoms with E-state index in [9.17, 15) is 24.0 Å². The van der Waals surface area contributed by atoms with E-state index in [-0.39, 0.29) is 49.8 Å². The van der Waals surface area contributed by atoms with Gasteiger partial charge in [-0.1, -0.05) is 39.7 Å². The summed E-state index contributed by atoms with van der Waals surface area (Å²) in [6, 6.07) is 7.57. The highest BCUT2D eigenvalue weighted by Gasteiger charge is 2.58. The molecule has 8 heterocycles. The summed E-state index contributed by atoms with van der Waals surface area (Å²) in [5, 5.41) is 8.13. The van der Waals surface area contributed by atoms with Crippen LogP contribution >= 0.6 is 11.3 Å². The Morgan fingerprint density at radius 2 is 1.88 bits per heavy atom. The molecule has 2 N–H and O–H groups in total. The lowest BCUT2D eigenvalue weighted by Crippen LogP contribution is -2.64. The monoisotopic (exact) mass is 959 g/mol. The molecule has 5 atom stereocenters. The van der Waals surface area contributed by atoms with Crippen molar-refractivity contribution in [1.29, 1.82) is 0 Å². The maximum atomic E-state index is 14.8. The number of benzene rings is 1. The van der Waals surface area contributed by atoms with Crippen molar-refractivity contribution in [3.05, 3.63) is 58.2 Å². The van der Waals surface area contributed by atoms with E-state index in [1.165, 1.54) is 16.3 Å². The van der Waals surface area contributed by atoms with Gasteiger partial charge in [-0.3, -0.25) is 38.9 Å². The quantitative estimate of drug-likeness (QED) is 0.212. The van der Waals surface area contributed by atoms with E-state index in [1.807, 2.05) is 25.3 Å². The molecule has 1 spiro atoms. The van der Waals surface area contributed by atoms with Crippen molar-refractivity contribution in [1.82, 2.24) is 45.0 Å². The number of hydrogen-bond acceptors (Lipinski definition) is 13. The Labute approximate surface area is 406 Å². The Morgan fingerprint density at radius 3 is 2.65 bits per heavy atom. The average molecular weight is 960 g/mol. The number of morpholine rings is 1. The predicted molar refractivity (Wildman–Crippen MR) is 257 cm³/mol. The fourth-order valence-electron chi connectivity index (χ4n) is 11.5. The van der Waals surface area contributed by atoms with Crippen LogP contribution in [0, 0.1) is 28.6 Å². The third-order valence-electron chi connectivity index (χ3n) is 15.1. The number of methoxy groups -OCH3 is 1. The van der Waals surface area contributed by atoms with Gasteiger partial charge in [0.05, 0.1) is 53.9 Å². The number of likely N-dealkylation sites (tertiary alicyclic amines) is 2. The van der Waals surface area contributed by atoms with E-state index < -0.39 is 52.8 Å². The summed E-state index contributed by atoms with van der Waals surface area (Å²) in [5.74, 6) is 3.32. The van der Waals surface area contributed by atoms with E-state index in [4.69, 9.17) is 24.2 Å². The Hall–Kier alpha value is -5.71. The SMILES string of the molecule is COC1c2ncccc2-c2c3c4cc(ccc4n2C)-c2csc(n2)C[C@H](NC(=O)[C@H](C(C)C)N2CCC4(CN(C(=O)C#CCN5CCOCC5)C4)C2=O)C(=O)N2CCC[C@H](N2)C(=O)OCC(C)(C)C31. The van der Waals surface area contributed by atoms with Crippen molar-refractivity contribution in [2.45, 2.75) is 83.5 Å². The molecule has 4 amide bonds. The highest BCUT2D eigenvalue weighted by atomic mass is 32.1. The van der Waals surface area contributed by atoms with Gasteiger partial charge in [0.2, 0.25) is 11.8 Å². The van der Waals surface area contributed by atoms with Crippen LogP contribution in [0.3, 0.4) is 0 Å². The van der Waals surface area contributed by atoms with Gasteiger partial charge in [0.1, 0.15) is 24.2 Å². The van der Waals surface area contributed by atoms with Gasteiger partial charge in [-0.15, -0.1) is 11.3 Å². The van der Waals surface area contributed by atoms with Crippen LogP contribution in [0.25, 0.3) is 33.4 Å². The van der Waals surface area contributed by atoms with Gasteiger partial charge in [-0.25, -0.2) is 10.4 Å². The summed E-state index contributed by atoms with van der Waals surface area (Å²) in [4.78, 5) is 86.1. The molecule has 1 aromatic carbocycles. The van der Waals surface area contributed by atoms with E-state index >= 15 is 0 Å². The third kappa shape index (κ3) is 8.49. The summed E-state index contributed by atoms with van der Waals surface area (Å²) in [5.41, 5.74) is 8.31. The Kier molecular flexibility index (Phi) is 12.6. The number of carbonyl (C=O) groups is 5. The minimum absolute atomic E-state index is 0.0686. The zero-order valence-corrected chi connectivity index (χ0v) is 41.0. The molecule has 17 nitrogen and oxygen atoms in total. The molecular weight excluding hydrogens is 899 g/mol. The Bertz CT molecular complexity index is 2760. The molecule has 0 saturated carbocycles. The Balaban J connectivity index is 0.935. The fourth-order valence-corrected chi connectivity index (χ4v) is 12.3. The molecule has 5 aliphatic heterocycles. The molecule has 6 bridgehead atoms. The molecule has 0 radical (unpaired) electrons. The van der Waals surface area contributed by atoms with Gasteiger partial charge in [0, 0.05) is 105 Å². The zero-order valence-electron chi connectivity index (χ0n) is 40.2. The first-order valence-electron chi connectivity index (χ1n) is 24.2. The average Bonchev–Trinajstić information content (AvgIpc) is 4.03. The number of rotatable bonds is 6. The normalized spacial score (nSPS) is 24.9. The molecule has 1 aliphatic carbocycles. The third-order valence-corrected chi connectivity index (χ3v) is 16.0. The molecule has 18 heteroatoms. The number of aryl methyl sites for hydroxylation is 1.